The van der Waals surface area contributed by atoms with Crippen molar-refractivity contribution < 1.29 is 0 Å². The van der Waals surface area contributed by atoms with Crippen LogP contribution in [-0.4, -0.2) is 25.1 Å². The largest absolute Gasteiger partial charge is 0.348 e. The van der Waals surface area contributed by atoms with Gasteiger partial charge in [-0.3, -0.25) is 0 Å². The van der Waals surface area contributed by atoms with E-state index in [0.29, 0.717) is 5.92 Å². The van der Waals surface area contributed by atoms with Gasteiger partial charge in [-0.25, -0.2) is 4.98 Å². The van der Waals surface area contributed by atoms with E-state index < -0.39 is 0 Å². The SMILES string of the molecule is CCC1CCCN(c2nc(C(C)CC)c(CNC)s2)C1. The molecule has 0 bridgehead atoms. The first-order valence-corrected chi connectivity index (χ1v) is 8.90. The lowest BCUT2D eigenvalue weighted by atomic mass is 9.96. The molecule has 20 heavy (non-hydrogen) atoms. The van der Waals surface area contributed by atoms with Crippen LogP contribution >= 0.6 is 11.3 Å². The molecule has 1 fully saturated rings. The molecule has 3 nitrogen and oxygen atoms in total. The van der Waals surface area contributed by atoms with Crippen LogP contribution in [0.2, 0.25) is 0 Å². The van der Waals surface area contributed by atoms with Crippen LogP contribution in [-0.2, 0) is 6.54 Å². The average Bonchev–Trinajstić information content (AvgIpc) is 2.91. The minimum absolute atomic E-state index is 0.565. The highest BCUT2D eigenvalue weighted by Gasteiger charge is 2.23. The molecule has 0 aromatic carbocycles. The molecule has 0 aliphatic carbocycles. The maximum absolute atomic E-state index is 5.00. The maximum atomic E-state index is 5.00. The number of nitrogens with one attached hydrogen (secondary N) is 1. The molecule has 114 valence electrons. The van der Waals surface area contributed by atoms with Crippen LogP contribution in [0, 0.1) is 5.92 Å². The second-order valence-electron chi connectivity index (χ2n) is 6.01. The smallest absolute Gasteiger partial charge is 0.185 e. The van der Waals surface area contributed by atoms with Gasteiger partial charge in [0.1, 0.15) is 0 Å². The van der Waals surface area contributed by atoms with Gasteiger partial charge in [0, 0.05) is 24.5 Å². The molecular weight excluding hydrogens is 266 g/mol. The monoisotopic (exact) mass is 295 g/mol. The number of nitrogens with zero attached hydrogens (tertiary/aromatic N) is 2. The fraction of sp³-hybridized carbons (Fsp3) is 0.812. The van der Waals surface area contributed by atoms with Gasteiger partial charge in [0.25, 0.3) is 0 Å². The molecule has 1 aliphatic heterocycles. The third-order valence-electron chi connectivity index (χ3n) is 4.50. The van der Waals surface area contributed by atoms with E-state index in [9.17, 15) is 0 Å². The highest BCUT2D eigenvalue weighted by Crippen LogP contribution is 2.34. The van der Waals surface area contributed by atoms with Crippen molar-refractivity contribution in [2.75, 3.05) is 25.0 Å². The number of hydrogen-bond donors (Lipinski definition) is 1. The number of aromatic nitrogens is 1. The van der Waals surface area contributed by atoms with E-state index in [4.69, 9.17) is 4.98 Å². The Kier molecular flexibility index (Phi) is 5.85. The van der Waals surface area contributed by atoms with Gasteiger partial charge >= 0.3 is 0 Å². The van der Waals surface area contributed by atoms with Crippen molar-refractivity contribution in [3.63, 3.8) is 0 Å². The summed E-state index contributed by atoms with van der Waals surface area (Å²) >= 11 is 1.90. The van der Waals surface area contributed by atoms with Crippen LogP contribution in [0.4, 0.5) is 5.13 Å². The molecule has 2 heterocycles. The summed E-state index contributed by atoms with van der Waals surface area (Å²) in [5, 5.41) is 4.54. The van der Waals surface area contributed by atoms with Gasteiger partial charge in [0.2, 0.25) is 0 Å². The number of piperidine rings is 1. The van der Waals surface area contributed by atoms with E-state index in [2.05, 4.69) is 31.0 Å². The molecule has 4 heteroatoms. The average molecular weight is 295 g/mol. The van der Waals surface area contributed by atoms with E-state index in [1.54, 1.807) is 0 Å². The molecule has 1 saturated heterocycles. The van der Waals surface area contributed by atoms with Crippen molar-refractivity contribution in [1.82, 2.24) is 10.3 Å². The van der Waals surface area contributed by atoms with Crippen molar-refractivity contribution in [3.05, 3.63) is 10.6 Å². The second kappa shape index (κ2) is 7.41. The van der Waals surface area contributed by atoms with Crippen LogP contribution in [0.15, 0.2) is 0 Å². The number of anilines is 1. The van der Waals surface area contributed by atoms with Crippen molar-refractivity contribution >= 4 is 16.5 Å². The Hall–Kier alpha value is -0.610. The summed E-state index contributed by atoms with van der Waals surface area (Å²) in [6.07, 6.45) is 5.17. The normalized spacial score (nSPS) is 21.2. The number of thiazole rings is 1. The lowest BCUT2D eigenvalue weighted by Crippen LogP contribution is -2.35. The zero-order valence-corrected chi connectivity index (χ0v) is 14.2. The van der Waals surface area contributed by atoms with Crippen LogP contribution in [0.25, 0.3) is 0 Å². The van der Waals surface area contributed by atoms with Gasteiger partial charge in [-0.1, -0.05) is 27.2 Å². The van der Waals surface area contributed by atoms with Gasteiger partial charge in [0.05, 0.1) is 5.69 Å². The molecule has 2 atom stereocenters. The first-order chi connectivity index (χ1) is 9.69. The Balaban J connectivity index is 2.19. The van der Waals surface area contributed by atoms with Gasteiger partial charge in [-0.05, 0) is 38.1 Å². The highest BCUT2D eigenvalue weighted by atomic mass is 32.1. The van der Waals surface area contributed by atoms with E-state index in [-0.39, 0.29) is 0 Å². The van der Waals surface area contributed by atoms with Crippen LogP contribution < -0.4 is 10.2 Å². The van der Waals surface area contributed by atoms with E-state index >= 15 is 0 Å². The van der Waals surface area contributed by atoms with Gasteiger partial charge in [0.15, 0.2) is 5.13 Å². The van der Waals surface area contributed by atoms with Crippen LogP contribution in [0.5, 0.6) is 0 Å². The summed E-state index contributed by atoms with van der Waals surface area (Å²) in [7, 11) is 2.02. The quantitative estimate of drug-likeness (QED) is 0.859. The molecule has 0 saturated carbocycles. The van der Waals surface area contributed by atoms with Gasteiger partial charge < -0.3 is 10.2 Å². The molecule has 2 rings (SSSR count). The Morgan fingerprint density at radius 3 is 2.90 bits per heavy atom. The molecule has 1 N–H and O–H groups in total. The van der Waals surface area contributed by atoms with E-state index in [0.717, 1.165) is 18.9 Å². The molecular formula is C16H29N3S. The third kappa shape index (κ3) is 3.53. The number of rotatable bonds is 6. The van der Waals surface area contributed by atoms with E-state index in [1.807, 2.05) is 18.4 Å². The van der Waals surface area contributed by atoms with Crippen molar-refractivity contribution in [3.8, 4) is 0 Å². The minimum Gasteiger partial charge on any atom is -0.348 e. The van der Waals surface area contributed by atoms with Crippen LogP contribution in [0.3, 0.4) is 0 Å². The maximum Gasteiger partial charge on any atom is 0.185 e. The lowest BCUT2D eigenvalue weighted by Gasteiger charge is -2.32. The van der Waals surface area contributed by atoms with Crippen molar-refractivity contribution in [2.24, 2.45) is 5.92 Å². The third-order valence-corrected chi connectivity index (χ3v) is 5.63. The first kappa shape index (κ1) is 15.8. The summed E-state index contributed by atoms with van der Waals surface area (Å²) in [4.78, 5) is 8.94. The lowest BCUT2D eigenvalue weighted by molar-refractivity contribution is 0.404. The Labute approximate surface area is 127 Å². The summed E-state index contributed by atoms with van der Waals surface area (Å²) in [5.74, 6) is 1.42. The summed E-state index contributed by atoms with van der Waals surface area (Å²) in [5.41, 5.74) is 1.32. The minimum atomic E-state index is 0.565. The molecule has 0 spiro atoms. The Bertz CT molecular complexity index is 416. The van der Waals surface area contributed by atoms with Gasteiger partial charge in [-0.15, -0.1) is 11.3 Å². The van der Waals surface area contributed by atoms with Crippen molar-refractivity contribution in [1.29, 1.82) is 0 Å². The first-order valence-electron chi connectivity index (χ1n) is 8.08. The van der Waals surface area contributed by atoms with E-state index in [1.165, 1.54) is 48.1 Å². The number of hydrogen-bond acceptors (Lipinski definition) is 4. The fourth-order valence-corrected chi connectivity index (χ4v) is 4.15. The zero-order chi connectivity index (χ0) is 14.5. The summed E-state index contributed by atoms with van der Waals surface area (Å²) in [6, 6.07) is 0. The molecule has 1 aliphatic rings. The molecule has 0 radical (unpaired) electrons. The van der Waals surface area contributed by atoms with Gasteiger partial charge in [-0.2, -0.15) is 0 Å². The molecule has 1 aromatic rings. The van der Waals surface area contributed by atoms with Crippen LogP contribution in [0.1, 0.15) is 62.9 Å². The second-order valence-corrected chi connectivity index (χ2v) is 7.07. The standard InChI is InChI=1S/C16H29N3S/c1-5-12(3)15-14(10-17-4)20-16(18-15)19-9-7-8-13(6-2)11-19/h12-13,17H,5-11H2,1-4H3. The molecule has 0 amide bonds. The zero-order valence-electron chi connectivity index (χ0n) is 13.4. The molecule has 1 aromatic heterocycles. The highest BCUT2D eigenvalue weighted by molar-refractivity contribution is 7.15. The topological polar surface area (TPSA) is 28.2 Å². The predicted octanol–water partition coefficient (Wildman–Crippen LogP) is 4.00. The Morgan fingerprint density at radius 1 is 1.45 bits per heavy atom. The molecule has 2 unspecified atom stereocenters. The summed E-state index contributed by atoms with van der Waals surface area (Å²) < 4.78 is 0. The Morgan fingerprint density at radius 2 is 2.25 bits per heavy atom. The fourth-order valence-electron chi connectivity index (χ4n) is 2.92. The summed E-state index contributed by atoms with van der Waals surface area (Å²) in [6.45, 7) is 10.2. The predicted molar refractivity (Wildman–Crippen MR) is 88.8 cm³/mol. The van der Waals surface area contributed by atoms with Crippen molar-refractivity contribution in [2.45, 2.75) is 58.9 Å².